The summed E-state index contributed by atoms with van der Waals surface area (Å²) in [5.74, 6) is 1.32. The minimum Gasteiger partial charge on any atom is -0.480 e. The average Bonchev–Trinajstić information content (AvgIpc) is 2.82. The Bertz CT molecular complexity index is 680. The number of hydrogen-bond donors (Lipinski definition) is 1. The van der Waals surface area contributed by atoms with Crippen molar-refractivity contribution in [2.45, 2.75) is 83.1 Å². The van der Waals surface area contributed by atoms with Gasteiger partial charge in [-0.15, -0.1) is 0 Å². The Hall–Kier alpha value is -1.39. The minimum absolute atomic E-state index is 0.242. The van der Waals surface area contributed by atoms with E-state index in [0.29, 0.717) is 11.8 Å². The first-order valence-corrected chi connectivity index (χ1v) is 13.4. The van der Waals surface area contributed by atoms with Crippen LogP contribution in [0.4, 0.5) is 0 Å². The Morgan fingerprint density at radius 2 is 1.66 bits per heavy atom. The number of benzene rings is 1. The average molecular weight is 441 g/mol. The molecular formula is C28H44N2O2. The quantitative estimate of drug-likeness (QED) is 0.553. The standard InChI is InChI=1S/C28H44N2O2/c31-28(32)27(26-14-5-2-6-15-26)30-18-8-13-25(22-30)21-29-19-16-24(17-20-29)12-7-11-23-9-3-1-4-10-23/h1,3-4,9-10,24-27H,2,5-8,11-22H2,(H,31,32). The van der Waals surface area contributed by atoms with Crippen LogP contribution in [0.3, 0.4) is 0 Å². The molecule has 4 nitrogen and oxygen atoms in total. The van der Waals surface area contributed by atoms with Crippen molar-refractivity contribution in [3.63, 3.8) is 0 Å². The lowest BCUT2D eigenvalue weighted by Gasteiger charge is -2.42. The highest BCUT2D eigenvalue weighted by Crippen LogP contribution is 2.32. The van der Waals surface area contributed by atoms with Gasteiger partial charge in [-0.3, -0.25) is 9.69 Å². The zero-order valence-corrected chi connectivity index (χ0v) is 20.0. The van der Waals surface area contributed by atoms with Gasteiger partial charge in [0.25, 0.3) is 0 Å². The Morgan fingerprint density at radius 1 is 0.906 bits per heavy atom. The molecule has 2 atom stereocenters. The van der Waals surface area contributed by atoms with Crippen LogP contribution >= 0.6 is 0 Å². The second-order valence-corrected chi connectivity index (χ2v) is 10.8. The first kappa shape index (κ1) is 23.8. The molecule has 4 heteroatoms. The third-order valence-corrected chi connectivity index (χ3v) is 8.44. The maximum atomic E-state index is 12.2. The van der Waals surface area contributed by atoms with Crippen molar-refractivity contribution in [3.05, 3.63) is 35.9 Å². The van der Waals surface area contributed by atoms with Crippen LogP contribution < -0.4 is 0 Å². The van der Waals surface area contributed by atoms with E-state index in [9.17, 15) is 9.90 Å². The van der Waals surface area contributed by atoms with Crippen molar-refractivity contribution < 1.29 is 9.90 Å². The lowest BCUT2D eigenvalue weighted by molar-refractivity contribution is -0.147. The third kappa shape index (κ3) is 6.81. The van der Waals surface area contributed by atoms with Gasteiger partial charge in [-0.25, -0.2) is 0 Å². The number of aliphatic carboxylic acids is 1. The fourth-order valence-corrected chi connectivity index (χ4v) is 6.67. The van der Waals surface area contributed by atoms with Gasteiger partial charge in [0.05, 0.1) is 0 Å². The molecule has 2 unspecified atom stereocenters. The summed E-state index contributed by atoms with van der Waals surface area (Å²) in [6, 6.07) is 10.6. The second kappa shape index (κ2) is 12.2. The van der Waals surface area contributed by atoms with E-state index in [4.69, 9.17) is 0 Å². The van der Waals surface area contributed by atoms with Gasteiger partial charge in [0, 0.05) is 13.1 Å². The monoisotopic (exact) mass is 440 g/mol. The van der Waals surface area contributed by atoms with Crippen LogP contribution in [-0.4, -0.2) is 59.6 Å². The van der Waals surface area contributed by atoms with Gasteiger partial charge in [0.1, 0.15) is 6.04 Å². The van der Waals surface area contributed by atoms with Crippen molar-refractivity contribution in [1.82, 2.24) is 9.80 Å². The highest BCUT2D eigenvalue weighted by molar-refractivity contribution is 5.74. The molecule has 1 aromatic carbocycles. The van der Waals surface area contributed by atoms with Crippen LogP contribution in [-0.2, 0) is 11.2 Å². The van der Waals surface area contributed by atoms with E-state index in [2.05, 4.69) is 40.1 Å². The number of likely N-dealkylation sites (tertiary alicyclic amines) is 2. The minimum atomic E-state index is -0.575. The third-order valence-electron chi connectivity index (χ3n) is 8.44. The summed E-state index contributed by atoms with van der Waals surface area (Å²) >= 11 is 0. The lowest BCUT2D eigenvalue weighted by atomic mass is 9.82. The number of nitrogens with zero attached hydrogens (tertiary/aromatic N) is 2. The summed E-state index contributed by atoms with van der Waals surface area (Å²) in [4.78, 5) is 17.2. The van der Waals surface area contributed by atoms with Crippen molar-refractivity contribution >= 4 is 5.97 Å². The molecule has 2 heterocycles. The van der Waals surface area contributed by atoms with Gasteiger partial charge in [-0.2, -0.15) is 0 Å². The highest BCUT2D eigenvalue weighted by Gasteiger charge is 2.37. The molecule has 4 rings (SSSR count). The van der Waals surface area contributed by atoms with Gasteiger partial charge in [-0.05, 0) is 94.3 Å². The van der Waals surface area contributed by atoms with Gasteiger partial charge >= 0.3 is 5.97 Å². The molecule has 2 saturated heterocycles. The zero-order valence-electron chi connectivity index (χ0n) is 20.0. The summed E-state index contributed by atoms with van der Waals surface area (Å²) in [6.45, 7) is 5.61. The molecule has 0 bridgehead atoms. The van der Waals surface area contributed by atoms with E-state index >= 15 is 0 Å². The molecule has 1 N–H and O–H groups in total. The van der Waals surface area contributed by atoms with Crippen LogP contribution in [0.5, 0.6) is 0 Å². The maximum Gasteiger partial charge on any atom is 0.321 e. The number of piperidine rings is 2. The first-order valence-electron chi connectivity index (χ1n) is 13.4. The predicted molar refractivity (Wildman–Crippen MR) is 131 cm³/mol. The molecule has 32 heavy (non-hydrogen) atoms. The number of carboxylic acid groups (broad SMARTS) is 1. The number of carbonyl (C=O) groups is 1. The van der Waals surface area contributed by atoms with E-state index < -0.39 is 5.97 Å². The van der Waals surface area contributed by atoms with E-state index in [1.54, 1.807) is 0 Å². The fraction of sp³-hybridized carbons (Fsp3) is 0.750. The molecule has 0 aromatic heterocycles. The van der Waals surface area contributed by atoms with E-state index in [1.807, 2.05) is 0 Å². The molecule has 3 aliphatic rings. The van der Waals surface area contributed by atoms with Crippen LogP contribution in [0.25, 0.3) is 0 Å². The number of aryl methyl sites for hydroxylation is 1. The van der Waals surface area contributed by atoms with Gasteiger partial charge < -0.3 is 10.0 Å². The van der Waals surface area contributed by atoms with Crippen molar-refractivity contribution in [2.75, 3.05) is 32.7 Å². The Morgan fingerprint density at radius 3 is 2.38 bits per heavy atom. The summed E-state index contributed by atoms with van der Waals surface area (Å²) in [5.41, 5.74) is 1.47. The highest BCUT2D eigenvalue weighted by atomic mass is 16.4. The fourth-order valence-electron chi connectivity index (χ4n) is 6.67. The molecule has 0 amide bonds. The number of hydrogen-bond acceptors (Lipinski definition) is 3. The van der Waals surface area contributed by atoms with Gasteiger partial charge in [0.15, 0.2) is 0 Å². The molecule has 0 spiro atoms. The Balaban J connectivity index is 1.19. The predicted octanol–water partition coefficient (Wildman–Crippen LogP) is 5.47. The largest absolute Gasteiger partial charge is 0.480 e. The van der Waals surface area contributed by atoms with Crippen LogP contribution in [0, 0.1) is 17.8 Å². The molecule has 2 aliphatic heterocycles. The molecule has 3 fully saturated rings. The van der Waals surface area contributed by atoms with Gasteiger partial charge in [0.2, 0.25) is 0 Å². The summed E-state index contributed by atoms with van der Waals surface area (Å²) in [7, 11) is 0. The molecular weight excluding hydrogens is 396 g/mol. The van der Waals surface area contributed by atoms with Crippen molar-refractivity contribution in [1.29, 1.82) is 0 Å². The normalized spacial score (nSPS) is 25.6. The molecule has 1 aliphatic carbocycles. The summed E-state index contributed by atoms with van der Waals surface area (Å²) in [6.07, 6.45) is 14.9. The molecule has 1 saturated carbocycles. The molecule has 1 aromatic rings. The molecule has 178 valence electrons. The van der Waals surface area contributed by atoms with E-state index in [-0.39, 0.29) is 6.04 Å². The lowest BCUT2D eigenvalue weighted by Crippen LogP contribution is -2.52. The Labute approximate surface area is 195 Å². The van der Waals surface area contributed by atoms with Gasteiger partial charge in [-0.1, -0.05) is 56.0 Å². The van der Waals surface area contributed by atoms with Crippen LogP contribution in [0.2, 0.25) is 0 Å². The van der Waals surface area contributed by atoms with Crippen LogP contribution in [0.15, 0.2) is 30.3 Å². The smallest absolute Gasteiger partial charge is 0.321 e. The maximum absolute atomic E-state index is 12.2. The molecule has 0 radical (unpaired) electrons. The van der Waals surface area contributed by atoms with Crippen molar-refractivity contribution in [3.8, 4) is 0 Å². The Kier molecular flexibility index (Phi) is 9.04. The summed E-state index contributed by atoms with van der Waals surface area (Å²) in [5, 5.41) is 10.0. The van der Waals surface area contributed by atoms with Crippen molar-refractivity contribution in [2.24, 2.45) is 17.8 Å². The SMILES string of the molecule is O=C(O)C(C1CCCCC1)N1CCCC(CN2CCC(CCCc3ccccc3)CC2)C1. The topological polar surface area (TPSA) is 43.8 Å². The number of rotatable bonds is 9. The second-order valence-electron chi connectivity index (χ2n) is 10.8. The van der Waals surface area contributed by atoms with E-state index in [0.717, 1.165) is 38.3 Å². The zero-order chi connectivity index (χ0) is 22.2. The van der Waals surface area contributed by atoms with E-state index in [1.165, 1.54) is 83.0 Å². The number of carboxylic acids is 1. The van der Waals surface area contributed by atoms with Crippen LogP contribution in [0.1, 0.15) is 76.2 Å². The summed E-state index contributed by atoms with van der Waals surface area (Å²) < 4.78 is 0. The first-order chi connectivity index (χ1) is 15.7.